The van der Waals surface area contributed by atoms with E-state index in [1.165, 1.54) is 10.2 Å². The number of ether oxygens (including phenoxy) is 1. The zero-order valence-corrected chi connectivity index (χ0v) is 19.9. The molecule has 1 heterocycles. The molecule has 172 valence electrons. The molecule has 2 aromatic rings. The number of nitrogens with one attached hydrogen (secondary N) is 1. The molecule has 0 bridgehead atoms. The number of rotatable bonds is 8. The Hall–Kier alpha value is -1.82. The van der Waals surface area contributed by atoms with Crippen LogP contribution in [0.4, 0.5) is 5.69 Å². The topological polar surface area (TPSA) is 76.4 Å². The Morgan fingerprint density at radius 1 is 1.06 bits per heavy atom. The van der Waals surface area contributed by atoms with Crippen LogP contribution in [0.2, 0.25) is 0 Å². The number of hydrogen-bond acceptors (Lipinski definition) is 5. The maximum absolute atomic E-state index is 12.3. The van der Waals surface area contributed by atoms with Crippen molar-refractivity contribution in [2.45, 2.75) is 26.5 Å². The summed E-state index contributed by atoms with van der Waals surface area (Å²) in [6, 6.07) is 9.65. The van der Waals surface area contributed by atoms with Crippen molar-refractivity contribution in [3.05, 3.63) is 111 Å². The van der Waals surface area contributed by atoms with Gasteiger partial charge in [-0.15, -0.1) is 0 Å². The number of nitrogens with zero attached hydrogens (tertiary/aromatic N) is 2. The van der Waals surface area contributed by atoms with Crippen LogP contribution >= 0.6 is 0 Å². The molecule has 1 aromatic heterocycles. The van der Waals surface area contributed by atoms with Crippen LogP contribution in [-0.4, -0.2) is 40.1 Å². The Balaban J connectivity index is 0.000000568. The second-order valence-electron chi connectivity index (χ2n) is 7.35. The number of aliphatic hydroxyl groups is 1. The third-order valence-corrected chi connectivity index (χ3v) is 4.76. The molecular weight excluding hydrogens is 458 g/mol. The predicted octanol–water partition coefficient (Wildman–Crippen LogP) is 3.61. The average molecular weight is 487 g/mol. The molecule has 2 aliphatic carbocycles. The monoisotopic (exact) mass is 487 g/mol. The molecule has 0 saturated heterocycles. The van der Waals surface area contributed by atoms with E-state index >= 15 is 0 Å². The minimum atomic E-state index is -0.716. The molecule has 0 spiro atoms. The van der Waals surface area contributed by atoms with Crippen LogP contribution < -0.4 is 5.32 Å². The van der Waals surface area contributed by atoms with Crippen LogP contribution in [0.15, 0.2) is 30.3 Å². The molecule has 0 amide bonds. The minimum Gasteiger partial charge on any atom is -0.461 e. The van der Waals surface area contributed by atoms with E-state index in [0.717, 1.165) is 11.6 Å². The Labute approximate surface area is 209 Å². The van der Waals surface area contributed by atoms with Crippen LogP contribution in [-0.2, 0) is 28.4 Å². The van der Waals surface area contributed by atoms with E-state index in [1.807, 2.05) is 89.0 Å². The molecule has 10 radical (unpaired) electrons. The minimum absolute atomic E-state index is 0. The number of aryl methyl sites for hydroxylation is 1. The molecule has 6 nitrogen and oxygen atoms in total. The third-order valence-electron chi connectivity index (χ3n) is 4.76. The van der Waals surface area contributed by atoms with Crippen LogP contribution in [0.1, 0.15) is 28.7 Å². The van der Waals surface area contributed by atoms with Gasteiger partial charge in [0.1, 0.15) is 5.69 Å². The summed E-state index contributed by atoms with van der Waals surface area (Å²) in [6.07, 6.45) is 17.0. The van der Waals surface area contributed by atoms with E-state index in [4.69, 9.17) is 4.74 Å². The van der Waals surface area contributed by atoms with E-state index in [2.05, 4.69) is 10.4 Å². The van der Waals surface area contributed by atoms with Gasteiger partial charge in [0.15, 0.2) is 0 Å². The first-order valence-electron chi connectivity index (χ1n) is 10.7. The fourth-order valence-corrected chi connectivity index (χ4v) is 3.10. The zero-order valence-electron chi connectivity index (χ0n) is 18.8. The standard InChI is InChI=1S/C21H24N3O3.C5H5.Fe/c1-3-27-21(26)20-12-19(16-6-4-5-7-16)23-24(20)14-18(25)13-22-17-10-8-15(2)9-11-17;1-2-4-5-3-1;/h4-12,18,22,25H,3,13-14H2,1-2H3;1-5H;/q;;+2/t18-;;/m1../s1. The Kier molecular flexibility index (Phi) is 12.0. The molecule has 7 heteroatoms. The number of anilines is 1. The summed E-state index contributed by atoms with van der Waals surface area (Å²) in [5.41, 5.74) is 3.13. The molecule has 2 N–H and O–H groups in total. The number of hydrogen-bond donors (Lipinski definition) is 2. The Bertz CT molecular complexity index is 820. The maximum Gasteiger partial charge on any atom is 2.00 e. The van der Waals surface area contributed by atoms with Gasteiger partial charge in [-0.2, -0.15) is 5.10 Å². The van der Waals surface area contributed by atoms with Crippen LogP contribution in [0.3, 0.4) is 0 Å². The summed E-state index contributed by atoms with van der Waals surface area (Å²) in [4.78, 5) is 12.3. The molecule has 0 unspecified atom stereocenters. The fourth-order valence-electron chi connectivity index (χ4n) is 3.10. The molecule has 2 saturated carbocycles. The van der Waals surface area contributed by atoms with E-state index < -0.39 is 12.1 Å². The van der Waals surface area contributed by atoms with Crippen molar-refractivity contribution >= 4 is 11.7 Å². The smallest absolute Gasteiger partial charge is 0.461 e. The molecule has 1 atom stereocenters. The van der Waals surface area contributed by atoms with Crippen molar-refractivity contribution in [2.75, 3.05) is 18.5 Å². The zero-order chi connectivity index (χ0) is 22.8. The van der Waals surface area contributed by atoms with Crippen LogP contribution in [0.5, 0.6) is 0 Å². The van der Waals surface area contributed by atoms with Gasteiger partial charge in [-0.3, -0.25) is 4.68 Å². The van der Waals surface area contributed by atoms with Crippen molar-refractivity contribution in [1.82, 2.24) is 9.78 Å². The van der Waals surface area contributed by atoms with Gasteiger partial charge in [0.2, 0.25) is 0 Å². The largest absolute Gasteiger partial charge is 2.00 e. The van der Waals surface area contributed by atoms with E-state index in [9.17, 15) is 9.90 Å². The second kappa shape index (κ2) is 14.4. The van der Waals surface area contributed by atoms with Crippen LogP contribution in [0.25, 0.3) is 0 Å². The van der Waals surface area contributed by atoms with Crippen molar-refractivity contribution in [3.63, 3.8) is 0 Å². The number of esters is 1. The van der Waals surface area contributed by atoms with Gasteiger partial charge in [-0.1, -0.05) is 17.7 Å². The summed E-state index contributed by atoms with van der Waals surface area (Å²) < 4.78 is 6.64. The molecule has 2 aliphatic rings. The van der Waals surface area contributed by atoms with Gasteiger partial charge in [-0.05, 0) is 89.8 Å². The van der Waals surface area contributed by atoms with Crippen molar-refractivity contribution in [1.29, 1.82) is 0 Å². The Morgan fingerprint density at radius 3 is 2.24 bits per heavy atom. The van der Waals surface area contributed by atoms with Crippen molar-refractivity contribution in [3.8, 4) is 0 Å². The number of carbonyl (C=O) groups excluding carboxylic acids is 1. The summed E-state index contributed by atoms with van der Waals surface area (Å²) in [6.45, 7) is 4.60. The van der Waals surface area contributed by atoms with Gasteiger partial charge in [0.05, 0.1) is 24.9 Å². The molecule has 2 fully saturated rings. The molecule has 1 aromatic carbocycles. The first-order chi connectivity index (χ1) is 15.6. The van der Waals surface area contributed by atoms with E-state index in [-0.39, 0.29) is 30.2 Å². The summed E-state index contributed by atoms with van der Waals surface area (Å²) in [5.74, 6) is 0.480. The van der Waals surface area contributed by atoms with E-state index in [0.29, 0.717) is 17.9 Å². The van der Waals surface area contributed by atoms with Gasteiger partial charge in [-0.25, -0.2) is 4.79 Å². The number of benzene rings is 1. The second-order valence-corrected chi connectivity index (χ2v) is 7.35. The molecule has 4 rings (SSSR count). The summed E-state index contributed by atoms with van der Waals surface area (Å²) in [5, 5.41) is 18.1. The maximum atomic E-state index is 12.3. The Morgan fingerprint density at radius 2 is 1.67 bits per heavy atom. The quantitative estimate of drug-likeness (QED) is 0.440. The normalized spacial score (nSPS) is 16.5. The first-order valence-corrected chi connectivity index (χ1v) is 10.7. The molecule has 0 aliphatic heterocycles. The average Bonchev–Trinajstić information content (AvgIpc) is 3.57. The van der Waals surface area contributed by atoms with Gasteiger partial charge < -0.3 is 15.2 Å². The third kappa shape index (κ3) is 8.80. The van der Waals surface area contributed by atoms with Gasteiger partial charge >= 0.3 is 23.0 Å². The molecule has 33 heavy (non-hydrogen) atoms. The summed E-state index contributed by atoms with van der Waals surface area (Å²) >= 11 is 0. The predicted molar refractivity (Wildman–Crippen MR) is 125 cm³/mol. The number of aromatic nitrogens is 2. The number of carbonyl (C=O) groups is 1. The van der Waals surface area contributed by atoms with Gasteiger partial charge in [0.25, 0.3) is 0 Å². The first kappa shape index (κ1) is 27.4. The molecular formula is C26H29FeN3O3+2. The van der Waals surface area contributed by atoms with Crippen molar-refractivity contribution in [2.24, 2.45) is 0 Å². The fraction of sp³-hybridized carbons (Fsp3) is 0.231. The van der Waals surface area contributed by atoms with E-state index in [1.54, 1.807) is 13.0 Å². The SMILES string of the molecule is CCOC(=O)c1cc([C]2[CH][CH][CH][CH]2)nn1C[C@H](O)CNc1ccc(C)cc1.[CH]1[CH][CH][CH][CH]1.[Fe+2]. The number of aliphatic hydroxyl groups excluding tert-OH is 1. The summed E-state index contributed by atoms with van der Waals surface area (Å²) in [7, 11) is 0. The van der Waals surface area contributed by atoms with Crippen molar-refractivity contribution < 1.29 is 31.7 Å². The van der Waals surface area contributed by atoms with Crippen LogP contribution in [0, 0.1) is 70.6 Å². The van der Waals surface area contributed by atoms with Gasteiger partial charge in [0, 0.05) is 18.2 Å².